The number of carbonyl (C=O) groups excluding carboxylic acids is 2. The predicted octanol–water partition coefficient (Wildman–Crippen LogP) is 2.58. The van der Waals surface area contributed by atoms with E-state index in [1.807, 2.05) is 18.2 Å². The monoisotopic (exact) mass is 365 g/mol. The molecule has 1 unspecified atom stereocenters. The van der Waals surface area contributed by atoms with Gasteiger partial charge in [0.2, 0.25) is 0 Å². The fraction of sp³-hybridized carbons (Fsp3) is 0.381. The molecular formula is C21H23N3O3. The van der Waals surface area contributed by atoms with E-state index in [4.69, 9.17) is 4.74 Å². The molecule has 2 aliphatic heterocycles. The van der Waals surface area contributed by atoms with Crippen LogP contribution in [-0.2, 0) is 11.2 Å². The first-order valence-corrected chi connectivity index (χ1v) is 9.48. The second-order valence-corrected chi connectivity index (χ2v) is 6.96. The molecule has 2 aliphatic rings. The minimum atomic E-state index is -0.279. The van der Waals surface area contributed by atoms with Gasteiger partial charge in [-0.05, 0) is 49.4 Å². The highest BCUT2D eigenvalue weighted by atomic mass is 16.5. The van der Waals surface area contributed by atoms with Crippen LogP contribution in [0.1, 0.15) is 45.7 Å². The number of hydrogen-bond donors (Lipinski definition) is 1. The lowest BCUT2D eigenvalue weighted by atomic mass is 10.0. The third kappa shape index (κ3) is 3.85. The van der Waals surface area contributed by atoms with E-state index in [0.29, 0.717) is 18.7 Å². The quantitative estimate of drug-likeness (QED) is 0.904. The Morgan fingerprint density at radius 3 is 2.96 bits per heavy atom. The minimum absolute atomic E-state index is 0.0728. The summed E-state index contributed by atoms with van der Waals surface area (Å²) in [5.41, 5.74) is 2.86. The van der Waals surface area contributed by atoms with Crippen molar-refractivity contribution >= 4 is 17.5 Å². The molecule has 2 aromatic rings. The maximum absolute atomic E-state index is 13.1. The number of ether oxygens (including phenoxy) is 1. The lowest BCUT2D eigenvalue weighted by Gasteiger charge is -2.29. The summed E-state index contributed by atoms with van der Waals surface area (Å²) in [7, 11) is 0. The summed E-state index contributed by atoms with van der Waals surface area (Å²) in [5, 5.41) is 2.85. The van der Waals surface area contributed by atoms with Gasteiger partial charge in [0.15, 0.2) is 0 Å². The van der Waals surface area contributed by atoms with Crippen LogP contribution in [0.25, 0.3) is 0 Å². The molecule has 1 aromatic carbocycles. The second-order valence-electron chi connectivity index (χ2n) is 6.96. The molecule has 0 bridgehead atoms. The summed E-state index contributed by atoms with van der Waals surface area (Å²) >= 11 is 0. The molecule has 6 heteroatoms. The Kier molecular flexibility index (Phi) is 5.16. The van der Waals surface area contributed by atoms with Gasteiger partial charge in [-0.2, -0.15) is 0 Å². The molecule has 0 spiro atoms. The summed E-state index contributed by atoms with van der Waals surface area (Å²) in [4.78, 5) is 31.4. The number of amides is 2. The van der Waals surface area contributed by atoms with Gasteiger partial charge in [-0.15, -0.1) is 0 Å². The fourth-order valence-corrected chi connectivity index (χ4v) is 3.69. The highest BCUT2D eigenvalue weighted by molar-refractivity contribution is 6.07. The number of para-hydroxylation sites is 1. The number of benzene rings is 1. The molecule has 1 fully saturated rings. The third-order valence-corrected chi connectivity index (χ3v) is 5.11. The molecule has 1 N–H and O–H groups in total. The van der Waals surface area contributed by atoms with Crippen LogP contribution in [0.2, 0.25) is 0 Å². The molecule has 0 radical (unpaired) electrons. The first kappa shape index (κ1) is 17.7. The molecule has 140 valence electrons. The number of hydrogen-bond acceptors (Lipinski definition) is 4. The normalized spacial score (nSPS) is 18.8. The topological polar surface area (TPSA) is 71.5 Å². The van der Waals surface area contributed by atoms with E-state index in [-0.39, 0.29) is 23.6 Å². The zero-order chi connectivity index (χ0) is 18.6. The summed E-state index contributed by atoms with van der Waals surface area (Å²) in [5.74, 6) is -0.378. The number of nitrogens with zero attached hydrogens (tertiary/aromatic N) is 2. The van der Waals surface area contributed by atoms with Gasteiger partial charge < -0.3 is 15.0 Å². The number of fused-ring (bicyclic) bond motifs is 1. The van der Waals surface area contributed by atoms with E-state index in [0.717, 1.165) is 38.0 Å². The van der Waals surface area contributed by atoms with Crippen LogP contribution >= 0.6 is 0 Å². The van der Waals surface area contributed by atoms with E-state index in [9.17, 15) is 9.59 Å². The first-order valence-electron chi connectivity index (χ1n) is 9.48. The standard InChI is InChI=1S/C21H23N3O3/c25-20(23-14-17-7-4-12-27-17)18-13-16(9-10-22-18)21(26)24-11-3-6-15-5-1-2-8-19(15)24/h1-2,5,8-10,13,17H,3-4,6-7,11-12,14H2,(H,23,25). The largest absolute Gasteiger partial charge is 0.376 e. The molecule has 1 saturated heterocycles. The first-order chi connectivity index (χ1) is 13.2. The summed E-state index contributed by atoms with van der Waals surface area (Å²) in [6, 6.07) is 11.2. The van der Waals surface area contributed by atoms with Crippen LogP contribution in [0.5, 0.6) is 0 Å². The smallest absolute Gasteiger partial charge is 0.269 e. The Balaban J connectivity index is 1.49. The van der Waals surface area contributed by atoms with Crippen molar-refractivity contribution in [2.45, 2.75) is 31.8 Å². The van der Waals surface area contributed by atoms with Crippen LogP contribution in [0, 0.1) is 0 Å². The average Bonchev–Trinajstić information content (AvgIpc) is 3.25. The van der Waals surface area contributed by atoms with Gasteiger partial charge in [0.1, 0.15) is 5.69 Å². The Morgan fingerprint density at radius 1 is 1.22 bits per heavy atom. The fourth-order valence-electron chi connectivity index (χ4n) is 3.69. The van der Waals surface area contributed by atoms with E-state index < -0.39 is 0 Å². The van der Waals surface area contributed by atoms with E-state index in [1.165, 1.54) is 11.8 Å². The average molecular weight is 365 g/mol. The molecular weight excluding hydrogens is 342 g/mol. The maximum Gasteiger partial charge on any atom is 0.269 e. The maximum atomic E-state index is 13.1. The molecule has 6 nitrogen and oxygen atoms in total. The number of nitrogens with one attached hydrogen (secondary N) is 1. The van der Waals surface area contributed by atoms with E-state index in [2.05, 4.69) is 16.4 Å². The second kappa shape index (κ2) is 7.88. The SMILES string of the molecule is O=C(NCC1CCCO1)c1cc(C(=O)N2CCCc3ccccc32)ccn1. The lowest BCUT2D eigenvalue weighted by molar-refractivity contribution is 0.0853. The Morgan fingerprint density at radius 2 is 2.11 bits per heavy atom. The lowest BCUT2D eigenvalue weighted by Crippen LogP contribution is -2.36. The highest BCUT2D eigenvalue weighted by Gasteiger charge is 2.24. The molecule has 4 rings (SSSR count). The van der Waals surface area contributed by atoms with Crippen LogP contribution in [-0.4, -0.2) is 42.6 Å². The van der Waals surface area contributed by atoms with Crippen molar-refractivity contribution in [3.63, 3.8) is 0 Å². The molecule has 1 aromatic heterocycles. The molecule has 0 aliphatic carbocycles. The summed E-state index contributed by atoms with van der Waals surface area (Å²) in [6.07, 6.45) is 5.49. The van der Waals surface area contributed by atoms with Gasteiger partial charge in [0.05, 0.1) is 6.10 Å². The van der Waals surface area contributed by atoms with Crippen LogP contribution in [0.3, 0.4) is 0 Å². The predicted molar refractivity (Wildman–Crippen MR) is 102 cm³/mol. The Bertz CT molecular complexity index is 846. The number of carbonyl (C=O) groups is 2. The molecule has 2 amide bonds. The van der Waals surface area contributed by atoms with Crippen LogP contribution < -0.4 is 10.2 Å². The van der Waals surface area contributed by atoms with Crippen molar-refractivity contribution in [1.29, 1.82) is 0 Å². The van der Waals surface area contributed by atoms with Gasteiger partial charge in [0.25, 0.3) is 11.8 Å². The number of anilines is 1. The van der Waals surface area contributed by atoms with E-state index >= 15 is 0 Å². The third-order valence-electron chi connectivity index (χ3n) is 5.11. The summed E-state index contributed by atoms with van der Waals surface area (Å²) < 4.78 is 5.52. The van der Waals surface area contributed by atoms with Crippen molar-refractivity contribution in [3.05, 3.63) is 59.4 Å². The Hall–Kier alpha value is -2.73. The van der Waals surface area contributed by atoms with Crippen molar-refractivity contribution in [1.82, 2.24) is 10.3 Å². The molecule has 3 heterocycles. The van der Waals surface area contributed by atoms with E-state index in [1.54, 1.807) is 17.0 Å². The zero-order valence-corrected chi connectivity index (χ0v) is 15.2. The zero-order valence-electron chi connectivity index (χ0n) is 15.2. The van der Waals surface area contributed by atoms with Crippen molar-refractivity contribution in [2.75, 3.05) is 24.6 Å². The molecule has 1 atom stereocenters. The number of aryl methyl sites for hydroxylation is 1. The van der Waals surface area contributed by atoms with Crippen molar-refractivity contribution < 1.29 is 14.3 Å². The molecule has 0 saturated carbocycles. The van der Waals surface area contributed by atoms with Crippen molar-refractivity contribution in [2.24, 2.45) is 0 Å². The minimum Gasteiger partial charge on any atom is -0.376 e. The van der Waals surface area contributed by atoms with Gasteiger partial charge >= 0.3 is 0 Å². The number of pyridine rings is 1. The summed E-state index contributed by atoms with van der Waals surface area (Å²) in [6.45, 7) is 1.90. The molecule has 27 heavy (non-hydrogen) atoms. The van der Waals surface area contributed by atoms with Crippen LogP contribution in [0.15, 0.2) is 42.6 Å². The van der Waals surface area contributed by atoms with Gasteiger partial charge in [-0.1, -0.05) is 18.2 Å². The highest BCUT2D eigenvalue weighted by Crippen LogP contribution is 2.28. The number of rotatable bonds is 4. The van der Waals surface area contributed by atoms with Crippen molar-refractivity contribution in [3.8, 4) is 0 Å². The van der Waals surface area contributed by atoms with Gasteiger partial charge in [0, 0.05) is 37.1 Å². The van der Waals surface area contributed by atoms with Gasteiger partial charge in [-0.25, -0.2) is 0 Å². The van der Waals surface area contributed by atoms with Crippen LogP contribution in [0.4, 0.5) is 5.69 Å². The Labute approximate surface area is 158 Å². The van der Waals surface area contributed by atoms with Gasteiger partial charge in [-0.3, -0.25) is 14.6 Å². The number of aromatic nitrogens is 1.